The average Bonchev–Trinajstić information content (AvgIpc) is 3.84. The number of aromatic hydroxyl groups is 1. The molecule has 3 aromatic rings. The summed E-state index contributed by atoms with van der Waals surface area (Å²) in [6, 6.07) is 19.4. The van der Waals surface area contributed by atoms with E-state index in [1.54, 1.807) is 18.2 Å². The number of carbonyl (C=O) groups is 2. The van der Waals surface area contributed by atoms with Crippen LogP contribution >= 0.6 is 21.6 Å². The molecule has 7 aliphatic rings. The molecular weight excluding hydrogens is 869 g/mol. The predicted octanol–water partition coefficient (Wildman–Crippen LogP) is 6.56. The lowest BCUT2D eigenvalue weighted by Gasteiger charge is -2.53. The fourth-order valence-corrected chi connectivity index (χ4v) is 11.9. The van der Waals surface area contributed by atoms with E-state index in [2.05, 4.69) is 70.7 Å². The molecule has 0 aromatic heterocycles. The summed E-state index contributed by atoms with van der Waals surface area (Å²) >= 11 is 0. The molecule has 0 saturated carbocycles. The number of carboxylic acids is 1. The lowest BCUT2D eigenvalue weighted by atomic mass is 9.73. The van der Waals surface area contributed by atoms with E-state index in [4.69, 9.17) is 18.9 Å². The van der Waals surface area contributed by atoms with Crippen LogP contribution in [0, 0.1) is 29.6 Å². The van der Waals surface area contributed by atoms with Gasteiger partial charge in [0.15, 0.2) is 23.6 Å². The van der Waals surface area contributed by atoms with Gasteiger partial charge in [-0.3, -0.25) is 9.79 Å². The number of allylic oxidation sites excluding steroid dienone is 5. The number of hydrogen-bond donors (Lipinski definition) is 6. The number of β-amino-alcohol motifs (C(OH)–C–C–N with tert-alkyl or cyclic N) is 1. The summed E-state index contributed by atoms with van der Waals surface area (Å²) in [6.45, 7) is 0.444. The SMILES string of the molecule is O=C[C@@]12OCSSC[C@H](C3=CCN=C3)[C@@H]([C@H]3CC#CCC[C@@H]4C=C/C(=C\C3)c3ccccc34)CNC[C@]1(O)[C@H](Oc1ccc3c(c1)OCC(c1ccc(O)cc1)=C3O)O[C@H](C(=O)O)[C@H]2O. The van der Waals surface area contributed by atoms with Gasteiger partial charge in [-0.2, -0.15) is 0 Å². The maximum absolute atomic E-state index is 13.5. The van der Waals surface area contributed by atoms with Gasteiger partial charge in [0, 0.05) is 48.9 Å². The Hall–Kier alpha value is -5.31. The van der Waals surface area contributed by atoms with Gasteiger partial charge in [-0.15, -0.1) is 11.8 Å². The van der Waals surface area contributed by atoms with Gasteiger partial charge >= 0.3 is 5.97 Å². The second-order valence-corrected chi connectivity index (χ2v) is 19.5. The van der Waals surface area contributed by atoms with Gasteiger partial charge in [0.2, 0.25) is 6.29 Å². The number of aliphatic carboxylic acids is 1. The van der Waals surface area contributed by atoms with Gasteiger partial charge in [-0.1, -0.05) is 82.3 Å². The Morgan fingerprint density at radius 3 is 2.68 bits per heavy atom. The van der Waals surface area contributed by atoms with Crippen molar-refractivity contribution < 1.29 is 54.1 Å². The summed E-state index contributed by atoms with van der Waals surface area (Å²) < 4.78 is 24.5. The number of carbonyl (C=O) groups excluding carboxylic acids is 1. The van der Waals surface area contributed by atoms with Gasteiger partial charge in [-0.25, -0.2) is 4.79 Å². The number of benzene rings is 3. The Morgan fingerprint density at radius 1 is 1.03 bits per heavy atom. The number of nitrogens with zero attached hydrogens (tertiary/aromatic N) is 1. The topological polar surface area (TPSA) is 197 Å². The van der Waals surface area contributed by atoms with Crippen LogP contribution in [0.15, 0.2) is 102 Å². The van der Waals surface area contributed by atoms with E-state index in [1.165, 1.54) is 62.6 Å². The average molecular weight is 919 g/mol. The molecule has 65 heavy (non-hydrogen) atoms. The zero-order valence-electron chi connectivity index (χ0n) is 35.4. The summed E-state index contributed by atoms with van der Waals surface area (Å²) in [7, 11) is 2.80. The number of aldehydes is 1. The Bertz CT molecular complexity index is 2530. The predicted molar refractivity (Wildman–Crippen MR) is 249 cm³/mol. The van der Waals surface area contributed by atoms with Crippen molar-refractivity contribution in [1.29, 1.82) is 0 Å². The van der Waals surface area contributed by atoms with Crippen LogP contribution < -0.4 is 14.8 Å². The normalized spacial score (nSPS) is 32.1. The zero-order valence-corrected chi connectivity index (χ0v) is 37.0. The summed E-state index contributed by atoms with van der Waals surface area (Å²) in [6.07, 6.45) is 8.07. The summed E-state index contributed by atoms with van der Waals surface area (Å²) in [5.74, 6) is 6.38. The molecule has 2 bridgehead atoms. The molecule has 2 fully saturated rings. The molecule has 0 amide bonds. The van der Waals surface area contributed by atoms with Crippen molar-refractivity contribution in [3.8, 4) is 29.1 Å². The molecule has 10 rings (SSSR count). The minimum atomic E-state index is -2.54. The van der Waals surface area contributed by atoms with Gasteiger partial charge < -0.3 is 49.8 Å². The highest BCUT2D eigenvalue weighted by Crippen LogP contribution is 2.46. The number of aliphatic imine (C=N–C) groups is 1. The molecule has 2 saturated heterocycles. The summed E-state index contributed by atoms with van der Waals surface area (Å²) in [5.41, 5.74) is 1.21. The van der Waals surface area contributed by atoms with E-state index in [1.807, 2.05) is 6.21 Å². The first-order chi connectivity index (χ1) is 31.6. The van der Waals surface area contributed by atoms with Gasteiger partial charge in [0.05, 0.1) is 12.1 Å². The molecule has 6 N–H and O–H groups in total. The minimum Gasteiger partial charge on any atom is -0.508 e. The highest BCUT2D eigenvalue weighted by atomic mass is 33.1. The van der Waals surface area contributed by atoms with Gasteiger partial charge in [0.25, 0.3) is 0 Å². The van der Waals surface area contributed by atoms with E-state index >= 15 is 0 Å². The van der Waals surface area contributed by atoms with Crippen molar-refractivity contribution in [2.45, 2.75) is 61.3 Å². The van der Waals surface area contributed by atoms with Crippen molar-refractivity contribution in [2.24, 2.45) is 22.7 Å². The fraction of sp³-hybridized carbons (Fsp3) is 0.380. The fourth-order valence-electron chi connectivity index (χ4n) is 9.78. The monoisotopic (exact) mass is 918 g/mol. The third-order valence-corrected chi connectivity index (χ3v) is 15.4. The van der Waals surface area contributed by atoms with Crippen molar-refractivity contribution in [2.75, 3.05) is 37.9 Å². The quantitative estimate of drug-likeness (QED) is 0.0847. The van der Waals surface area contributed by atoms with E-state index in [9.17, 15) is 35.1 Å². The number of aliphatic hydroxyl groups excluding tert-OH is 2. The third kappa shape index (κ3) is 8.77. The van der Waals surface area contributed by atoms with Crippen molar-refractivity contribution in [3.63, 3.8) is 0 Å². The molecular formula is C50H50N2O11S2. The number of phenolic OH excluding ortho intramolecular Hbond substituents is 1. The Morgan fingerprint density at radius 2 is 1.88 bits per heavy atom. The Labute approximate surface area is 384 Å². The second kappa shape index (κ2) is 19.3. The number of ether oxygens (including phenoxy) is 4. The van der Waals surface area contributed by atoms with Crippen LogP contribution in [0.4, 0.5) is 0 Å². The number of carboxylic acid groups (broad SMARTS) is 1. The number of hydrogen-bond acceptors (Lipinski definition) is 14. The third-order valence-electron chi connectivity index (χ3n) is 13.4. The molecule has 338 valence electrons. The van der Waals surface area contributed by atoms with Crippen molar-refractivity contribution in [3.05, 3.63) is 119 Å². The summed E-state index contributed by atoms with van der Waals surface area (Å²) in [4.78, 5) is 30.7. The standard InChI is InChI=1S/C50H50N2O11S2/c53-28-50-46(56)45(47(57)58)63-48(62-36-18-19-39-43(22-36)60-25-41(44(39)55)33-14-16-35(54)17-15-33)49(50,59)27-52-24-40(42(26-64-65-29-61-50)34-20-21-51-23-34)31-7-3-1-2-6-30-10-12-32(13-11-31)38-9-5-4-8-37(30)38/h4-5,8-10,12-20,22-23,28,30-31,40,42,45-46,48,52,54-56,59H,2,6-7,11,21,24-27,29H2,(H,57,58)/b32-13+/t30-,31+,40-,42-,45+,46-,48-,49+,50+/m1/s1. The maximum atomic E-state index is 13.5. The number of fused-ring (bicyclic) bond motifs is 8. The highest BCUT2D eigenvalue weighted by molar-refractivity contribution is 8.76. The van der Waals surface area contributed by atoms with E-state index in [0.717, 1.165) is 18.4 Å². The van der Waals surface area contributed by atoms with Crippen LogP contribution in [0.25, 0.3) is 16.9 Å². The largest absolute Gasteiger partial charge is 0.508 e. The lowest BCUT2D eigenvalue weighted by molar-refractivity contribution is -0.340. The molecule has 15 heteroatoms. The first kappa shape index (κ1) is 44.9. The second-order valence-electron chi connectivity index (χ2n) is 17.0. The molecule has 4 heterocycles. The van der Waals surface area contributed by atoms with Crippen LogP contribution in [-0.4, -0.2) is 112 Å². The molecule has 13 nitrogen and oxygen atoms in total. The number of aliphatic hydroxyl groups is 3. The van der Waals surface area contributed by atoms with E-state index in [-0.39, 0.29) is 59.6 Å². The minimum absolute atomic E-state index is 0.0000283. The first-order valence-corrected chi connectivity index (χ1v) is 24.2. The lowest BCUT2D eigenvalue weighted by Crippen LogP contribution is -2.80. The summed E-state index contributed by atoms with van der Waals surface area (Å²) in [5, 5.41) is 59.6. The van der Waals surface area contributed by atoms with Gasteiger partial charge in [-0.05, 0) is 89.2 Å². The van der Waals surface area contributed by atoms with Crippen molar-refractivity contribution in [1.82, 2.24) is 5.32 Å². The smallest absolute Gasteiger partial charge is 0.335 e. The number of rotatable bonds is 7. The van der Waals surface area contributed by atoms with Crippen LogP contribution in [0.1, 0.15) is 53.9 Å². The highest BCUT2D eigenvalue weighted by Gasteiger charge is 2.69. The molecule has 0 spiro atoms. The molecule has 9 atom stereocenters. The Kier molecular flexibility index (Phi) is 13.3. The molecule has 4 aliphatic heterocycles. The number of nitrogens with one attached hydrogen (secondary N) is 1. The molecule has 0 unspecified atom stereocenters. The first-order valence-electron chi connectivity index (χ1n) is 21.7. The van der Waals surface area contributed by atoms with Crippen LogP contribution in [0.5, 0.6) is 17.2 Å². The molecule has 0 radical (unpaired) electrons. The zero-order chi connectivity index (χ0) is 45.1. The Balaban J connectivity index is 1.06. The molecule has 3 aromatic carbocycles. The maximum Gasteiger partial charge on any atom is 0.335 e. The van der Waals surface area contributed by atoms with Crippen LogP contribution in [0.2, 0.25) is 0 Å². The van der Waals surface area contributed by atoms with E-state index in [0.29, 0.717) is 54.3 Å². The van der Waals surface area contributed by atoms with Crippen LogP contribution in [0.3, 0.4) is 0 Å². The van der Waals surface area contributed by atoms with Crippen molar-refractivity contribution >= 4 is 57.0 Å². The molecule has 3 aliphatic carbocycles. The number of phenols is 1. The van der Waals surface area contributed by atoms with Gasteiger partial charge in [0.1, 0.15) is 41.7 Å². The van der Waals surface area contributed by atoms with E-state index < -0.39 is 42.2 Å². The van der Waals surface area contributed by atoms with Crippen LogP contribution in [-0.2, 0) is 19.1 Å².